The van der Waals surface area contributed by atoms with E-state index in [2.05, 4.69) is 10.0 Å². The molecule has 23 heavy (non-hydrogen) atoms. The lowest BCUT2D eigenvalue weighted by Gasteiger charge is -2.34. The Labute approximate surface area is 140 Å². The van der Waals surface area contributed by atoms with E-state index in [0.717, 1.165) is 44.1 Å². The molecule has 0 radical (unpaired) electrons. The van der Waals surface area contributed by atoms with Gasteiger partial charge < -0.3 is 5.32 Å². The van der Waals surface area contributed by atoms with Gasteiger partial charge in [0.25, 0.3) is 5.69 Å². The van der Waals surface area contributed by atoms with Gasteiger partial charge in [-0.3, -0.25) is 10.1 Å². The van der Waals surface area contributed by atoms with Crippen LogP contribution in [0.1, 0.15) is 19.8 Å². The number of nitro groups is 1. The predicted molar refractivity (Wildman–Crippen MR) is 85.7 cm³/mol. The van der Waals surface area contributed by atoms with Crippen molar-refractivity contribution in [3.05, 3.63) is 34.1 Å². The van der Waals surface area contributed by atoms with Crippen LogP contribution in [0.25, 0.3) is 0 Å². The molecule has 1 aliphatic heterocycles. The van der Waals surface area contributed by atoms with Crippen LogP contribution in [0.4, 0.5) is 10.1 Å². The smallest absolute Gasteiger partial charge is 0.292 e. The van der Waals surface area contributed by atoms with Crippen LogP contribution in [0.15, 0.2) is 23.1 Å². The average Bonchev–Trinajstić information content (AvgIpc) is 2.46. The Morgan fingerprint density at radius 2 is 2.00 bits per heavy atom. The normalized spacial score (nSPS) is 17.3. The maximum Gasteiger partial charge on any atom is 0.292 e. The van der Waals surface area contributed by atoms with E-state index in [4.69, 9.17) is 0 Å². The molecule has 1 saturated heterocycles. The third-order valence-corrected chi connectivity index (χ3v) is 5.38. The first-order chi connectivity index (χ1) is 10.3. The molecule has 1 heterocycles. The van der Waals surface area contributed by atoms with Crippen LogP contribution < -0.4 is 10.0 Å². The first kappa shape index (κ1) is 19.8. The number of halogens is 2. The van der Waals surface area contributed by atoms with Crippen molar-refractivity contribution in [3.8, 4) is 0 Å². The van der Waals surface area contributed by atoms with Gasteiger partial charge in [0, 0.05) is 12.6 Å². The van der Waals surface area contributed by atoms with E-state index in [9.17, 15) is 22.9 Å². The summed E-state index contributed by atoms with van der Waals surface area (Å²) in [6.07, 6.45) is 1.55. The molecule has 0 spiro atoms. The van der Waals surface area contributed by atoms with Gasteiger partial charge in [0.15, 0.2) is 4.90 Å². The van der Waals surface area contributed by atoms with Gasteiger partial charge in [0.05, 0.1) is 4.92 Å². The second-order valence-electron chi connectivity index (χ2n) is 5.73. The SMILES string of the molecule is CC1(CNS(=O)(=O)c2c(F)cccc2[N+](=O)[O-])CCNCC1.Cl. The standard InChI is InChI=1S/C13H18FN3O4S.ClH/c1-13(5-7-15-8-6-13)9-16-22(20,21)12-10(14)3-2-4-11(12)17(18)19;/h2-4,15-16H,5-9H2,1H3;1H. The third-order valence-electron chi connectivity index (χ3n) is 3.91. The number of hydrogen-bond donors (Lipinski definition) is 2. The fraction of sp³-hybridized carbons (Fsp3) is 0.538. The summed E-state index contributed by atoms with van der Waals surface area (Å²) in [5.74, 6) is -1.13. The zero-order valence-corrected chi connectivity index (χ0v) is 14.2. The minimum Gasteiger partial charge on any atom is -0.317 e. The maximum absolute atomic E-state index is 13.8. The Kier molecular flexibility index (Phi) is 6.46. The van der Waals surface area contributed by atoms with Crippen LogP contribution in [0.3, 0.4) is 0 Å². The van der Waals surface area contributed by atoms with Gasteiger partial charge in [0.1, 0.15) is 5.82 Å². The number of rotatable bonds is 5. The third kappa shape index (κ3) is 4.60. The molecule has 0 saturated carbocycles. The highest BCUT2D eigenvalue weighted by Crippen LogP contribution is 2.29. The molecule has 1 aliphatic rings. The van der Waals surface area contributed by atoms with Crippen molar-refractivity contribution in [3.63, 3.8) is 0 Å². The first-order valence-electron chi connectivity index (χ1n) is 6.88. The summed E-state index contributed by atoms with van der Waals surface area (Å²) in [5, 5.41) is 14.1. The molecule has 2 rings (SSSR count). The second-order valence-corrected chi connectivity index (χ2v) is 7.43. The lowest BCUT2D eigenvalue weighted by Crippen LogP contribution is -2.43. The molecular weight excluding hydrogens is 349 g/mol. The molecule has 0 aliphatic carbocycles. The molecule has 0 atom stereocenters. The van der Waals surface area contributed by atoms with E-state index in [1.54, 1.807) is 0 Å². The Bertz CT molecular complexity index is 678. The number of hydrogen-bond acceptors (Lipinski definition) is 5. The number of benzene rings is 1. The van der Waals surface area contributed by atoms with E-state index in [1.807, 2.05) is 6.92 Å². The monoisotopic (exact) mass is 367 g/mol. The lowest BCUT2D eigenvalue weighted by molar-refractivity contribution is -0.388. The van der Waals surface area contributed by atoms with Gasteiger partial charge in [0.2, 0.25) is 10.0 Å². The predicted octanol–water partition coefficient (Wildman–Crippen LogP) is 1.82. The van der Waals surface area contributed by atoms with E-state index in [1.165, 1.54) is 0 Å². The van der Waals surface area contributed by atoms with Crippen LogP contribution in [0.2, 0.25) is 0 Å². The maximum atomic E-state index is 13.8. The molecule has 130 valence electrons. The molecule has 0 unspecified atom stereocenters. The largest absolute Gasteiger partial charge is 0.317 e. The molecule has 7 nitrogen and oxygen atoms in total. The highest BCUT2D eigenvalue weighted by atomic mass is 35.5. The lowest BCUT2D eigenvalue weighted by atomic mass is 9.81. The van der Waals surface area contributed by atoms with Crippen molar-refractivity contribution < 1.29 is 17.7 Å². The number of piperidine rings is 1. The van der Waals surface area contributed by atoms with Crippen molar-refractivity contribution in [2.75, 3.05) is 19.6 Å². The van der Waals surface area contributed by atoms with Crippen LogP contribution in [-0.2, 0) is 10.0 Å². The summed E-state index contributed by atoms with van der Waals surface area (Å²) in [5.41, 5.74) is -1.01. The van der Waals surface area contributed by atoms with Crippen LogP contribution in [0.5, 0.6) is 0 Å². The number of nitrogens with zero attached hydrogens (tertiary/aromatic N) is 1. The molecule has 0 bridgehead atoms. The quantitative estimate of drug-likeness (QED) is 0.610. The Hall–Kier alpha value is -1.29. The van der Waals surface area contributed by atoms with Crippen molar-refractivity contribution in [1.82, 2.24) is 10.0 Å². The molecule has 0 amide bonds. The van der Waals surface area contributed by atoms with Gasteiger partial charge in [-0.25, -0.2) is 17.5 Å². The number of nitro benzene ring substituents is 1. The zero-order chi connectivity index (χ0) is 16.4. The summed E-state index contributed by atoms with van der Waals surface area (Å²) in [4.78, 5) is 9.12. The molecule has 2 N–H and O–H groups in total. The molecule has 1 fully saturated rings. The zero-order valence-electron chi connectivity index (χ0n) is 12.5. The highest BCUT2D eigenvalue weighted by Gasteiger charge is 2.33. The second kappa shape index (κ2) is 7.52. The van der Waals surface area contributed by atoms with Gasteiger partial charge >= 0.3 is 0 Å². The fourth-order valence-corrected chi connectivity index (χ4v) is 3.88. The fourth-order valence-electron chi connectivity index (χ4n) is 2.46. The van der Waals surface area contributed by atoms with Gasteiger partial charge in [-0.05, 0) is 37.4 Å². The summed E-state index contributed by atoms with van der Waals surface area (Å²) < 4.78 is 40.7. The molecule has 10 heteroatoms. The average molecular weight is 368 g/mol. The van der Waals surface area contributed by atoms with Crippen molar-refractivity contribution >= 4 is 28.1 Å². The number of nitrogens with one attached hydrogen (secondary N) is 2. The minimum absolute atomic E-state index is 0. The minimum atomic E-state index is -4.29. The van der Waals surface area contributed by atoms with E-state index in [-0.39, 0.29) is 24.4 Å². The molecule has 0 aromatic heterocycles. The van der Waals surface area contributed by atoms with E-state index < -0.39 is 31.3 Å². The Morgan fingerprint density at radius 1 is 1.39 bits per heavy atom. The van der Waals surface area contributed by atoms with Gasteiger partial charge in [-0.15, -0.1) is 12.4 Å². The van der Waals surface area contributed by atoms with Crippen LogP contribution >= 0.6 is 12.4 Å². The van der Waals surface area contributed by atoms with Crippen molar-refractivity contribution in [2.45, 2.75) is 24.7 Å². The van der Waals surface area contributed by atoms with Gasteiger partial charge in [-0.2, -0.15) is 0 Å². The summed E-state index contributed by atoms with van der Waals surface area (Å²) in [7, 11) is -4.29. The summed E-state index contributed by atoms with van der Waals surface area (Å²) >= 11 is 0. The van der Waals surface area contributed by atoms with Crippen LogP contribution in [0, 0.1) is 21.3 Å². The topological polar surface area (TPSA) is 101 Å². The molecule has 1 aromatic carbocycles. The summed E-state index contributed by atoms with van der Waals surface area (Å²) in [6, 6.07) is 2.98. The van der Waals surface area contributed by atoms with E-state index >= 15 is 0 Å². The Balaban J connectivity index is 0.00000264. The Morgan fingerprint density at radius 3 is 2.57 bits per heavy atom. The first-order valence-corrected chi connectivity index (χ1v) is 8.37. The van der Waals surface area contributed by atoms with Crippen LogP contribution in [-0.4, -0.2) is 33.0 Å². The summed E-state index contributed by atoms with van der Waals surface area (Å²) in [6.45, 7) is 3.60. The van der Waals surface area contributed by atoms with Crippen molar-refractivity contribution in [1.29, 1.82) is 0 Å². The highest BCUT2D eigenvalue weighted by molar-refractivity contribution is 7.89. The van der Waals surface area contributed by atoms with E-state index in [0.29, 0.717) is 0 Å². The van der Waals surface area contributed by atoms with Crippen molar-refractivity contribution in [2.24, 2.45) is 5.41 Å². The van der Waals surface area contributed by atoms with Gasteiger partial charge in [-0.1, -0.05) is 13.0 Å². The molecular formula is C13H19ClFN3O4S. The number of sulfonamides is 1. The molecule has 1 aromatic rings.